The third-order valence-corrected chi connectivity index (χ3v) is 3.53. The molecular formula is C13H14BrN3O. The lowest BCUT2D eigenvalue weighted by molar-refractivity contribution is 0.0889. The number of ketones is 1. The molecule has 18 heavy (non-hydrogen) atoms. The molecule has 4 nitrogen and oxygen atoms in total. The van der Waals surface area contributed by atoms with E-state index in [4.69, 9.17) is 5.73 Å². The molecule has 0 bridgehead atoms. The summed E-state index contributed by atoms with van der Waals surface area (Å²) in [6.07, 6.45) is 1.59. The van der Waals surface area contributed by atoms with E-state index >= 15 is 0 Å². The Balaban J connectivity index is 2.46. The number of halogens is 1. The predicted molar refractivity (Wildman–Crippen MR) is 73.2 cm³/mol. The highest BCUT2D eigenvalue weighted by atomic mass is 79.9. The first-order valence-electron chi connectivity index (χ1n) is 5.51. The van der Waals surface area contributed by atoms with Gasteiger partial charge in [-0.3, -0.25) is 9.48 Å². The molecule has 1 unspecified atom stereocenters. The number of hydrogen-bond acceptors (Lipinski definition) is 3. The molecule has 0 amide bonds. The second-order valence-electron chi connectivity index (χ2n) is 4.36. The van der Waals surface area contributed by atoms with Crippen LogP contribution < -0.4 is 5.73 Å². The summed E-state index contributed by atoms with van der Waals surface area (Å²) in [7, 11) is 1.72. The molecular weight excluding hydrogens is 294 g/mol. The van der Waals surface area contributed by atoms with Gasteiger partial charge >= 0.3 is 0 Å². The maximum atomic E-state index is 12.6. The van der Waals surface area contributed by atoms with Crippen molar-refractivity contribution in [1.29, 1.82) is 0 Å². The van der Waals surface area contributed by atoms with Crippen molar-refractivity contribution in [2.75, 3.05) is 0 Å². The van der Waals surface area contributed by atoms with E-state index in [-0.39, 0.29) is 5.78 Å². The minimum atomic E-state index is -1.07. The summed E-state index contributed by atoms with van der Waals surface area (Å²) >= 11 is 3.32. The predicted octanol–water partition coefficient (Wildman–Crippen LogP) is 2.24. The quantitative estimate of drug-likeness (QED) is 0.885. The lowest BCUT2D eigenvalue weighted by Gasteiger charge is -2.23. The lowest BCUT2D eigenvalue weighted by atomic mass is 9.87. The zero-order chi connectivity index (χ0) is 13.3. The number of rotatable bonds is 3. The standard InChI is InChI=1S/C13H14BrN3O/c1-13(15,9-6-4-3-5-7-9)12(18)11-10(14)8-16-17(11)2/h3-8H,15H2,1-2H3. The fourth-order valence-corrected chi connectivity index (χ4v) is 2.36. The van der Waals surface area contributed by atoms with Gasteiger partial charge in [-0.15, -0.1) is 0 Å². The van der Waals surface area contributed by atoms with Gasteiger partial charge in [0.15, 0.2) is 0 Å². The third-order valence-electron chi connectivity index (χ3n) is 2.95. The van der Waals surface area contributed by atoms with Crippen molar-refractivity contribution in [3.8, 4) is 0 Å². The van der Waals surface area contributed by atoms with Crippen LogP contribution in [-0.4, -0.2) is 15.6 Å². The number of benzene rings is 1. The highest BCUT2D eigenvalue weighted by Crippen LogP contribution is 2.26. The first-order valence-corrected chi connectivity index (χ1v) is 6.30. The molecule has 1 aromatic heterocycles. The van der Waals surface area contributed by atoms with E-state index in [9.17, 15) is 4.79 Å². The molecule has 0 aliphatic rings. The molecule has 5 heteroatoms. The SMILES string of the molecule is Cn1ncc(Br)c1C(=O)C(C)(N)c1ccccc1. The topological polar surface area (TPSA) is 60.9 Å². The zero-order valence-electron chi connectivity index (χ0n) is 10.2. The van der Waals surface area contributed by atoms with E-state index in [1.54, 1.807) is 20.2 Å². The zero-order valence-corrected chi connectivity index (χ0v) is 11.8. The molecule has 2 rings (SSSR count). The van der Waals surface area contributed by atoms with Crippen LogP contribution in [0.3, 0.4) is 0 Å². The maximum absolute atomic E-state index is 12.6. The van der Waals surface area contributed by atoms with Gasteiger partial charge in [-0.2, -0.15) is 5.10 Å². The average Bonchev–Trinajstić information content (AvgIpc) is 2.69. The lowest BCUT2D eigenvalue weighted by Crippen LogP contribution is -2.42. The largest absolute Gasteiger partial charge is 0.315 e. The van der Waals surface area contributed by atoms with Crippen molar-refractivity contribution in [2.45, 2.75) is 12.5 Å². The van der Waals surface area contributed by atoms with Crippen molar-refractivity contribution in [2.24, 2.45) is 12.8 Å². The van der Waals surface area contributed by atoms with Gasteiger partial charge in [0.2, 0.25) is 5.78 Å². The number of aryl methyl sites for hydroxylation is 1. The van der Waals surface area contributed by atoms with Crippen LogP contribution in [0.1, 0.15) is 23.0 Å². The Kier molecular flexibility index (Phi) is 3.36. The average molecular weight is 308 g/mol. The van der Waals surface area contributed by atoms with E-state index in [0.717, 1.165) is 5.56 Å². The van der Waals surface area contributed by atoms with Crippen LogP contribution in [0.25, 0.3) is 0 Å². The summed E-state index contributed by atoms with van der Waals surface area (Å²) in [4.78, 5) is 12.6. The second-order valence-corrected chi connectivity index (χ2v) is 5.22. The van der Waals surface area contributed by atoms with Gasteiger partial charge in [-0.1, -0.05) is 30.3 Å². The molecule has 1 heterocycles. The third kappa shape index (κ3) is 2.11. The van der Waals surface area contributed by atoms with Crippen molar-refractivity contribution < 1.29 is 4.79 Å². The number of aromatic nitrogens is 2. The molecule has 0 spiro atoms. The Morgan fingerprint density at radius 1 is 1.39 bits per heavy atom. The second kappa shape index (κ2) is 4.66. The van der Waals surface area contributed by atoms with Crippen molar-refractivity contribution >= 4 is 21.7 Å². The van der Waals surface area contributed by atoms with Gasteiger partial charge in [0.25, 0.3) is 0 Å². The Bertz CT molecular complexity index is 556. The smallest absolute Gasteiger partial charge is 0.205 e. The number of nitrogens with zero attached hydrogens (tertiary/aromatic N) is 2. The highest BCUT2D eigenvalue weighted by Gasteiger charge is 2.34. The summed E-state index contributed by atoms with van der Waals surface area (Å²) in [6.45, 7) is 1.71. The van der Waals surface area contributed by atoms with Gasteiger partial charge in [0.05, 0.1) is 10.7 Å². The Labute approximate surface area is 114 Å². The van der Waals surface area contributed by atoms with Crippen LogP contribution in [0.4, 0.5) is 0 Å². The minimum absolute atomic E-state index is 0.166. The van der Waals surface area contributed by atoms with Gasteiger partial charge in [-0.05, 0) is 28.4 Å². The summed E-state index contributed by atoms with van der Waals surface area (Å²) < 4.78 is 2.18. The van der Waals surface area contributed by atoms with Gasteiger partial charge in [0, 0.05) is 7.05 Å². The number of hydrogen-bond donors (Lipinski definition) is 1. The summed E-state index contributed by atoms with van der Waals surface area (Å²) in [5.41, 5.74) is 6.38. The molecule has 2 aromatic rings. The summed E-state index contributed by atoms with van der Waals surface area (Å²) in [6, 6.07) is 9.33. The molecule has 0 aliphatic carbocycles. The normalized spacial score (nSPS) is 14.2. The maximum Gasteiger partial charge on any atom is 0.205 e. The molecule has 0 aliphatic heterocycles. The Morgan fingerprint density at radius 3 is 2.50 bits per heavy atom. The highest BCUT2D eigenvalue weighted by molar-refractivity contribution is 9.10. The molecule has 0 saturated heterocycles. The monoisotopic (exact) mass is 307 g/mol. The molecule has 0 fully saturated rings. The molecule has 0 radical (unpaired) electrons. The van der Waals surface area contributed by atoms with Crippen LogP contribution in [0.2, 0.25) is 0 Å². The minimum Gasteiger partial charge on any atom is -0.315 e. The van der Waals surface area contributed by atoms with Crippen LogP contribution in [0.5, 0.6) is 0 Å². The first kappa shape index (κ1) is 13.0. The van der Waals surface area contributed by atoms with Gasteiger partial charge in [-0.25, -0.2) is 0 Å². The van der Waals surface area contributed by atoms with Gasteiger partial charge in [0.1, 0.15) is 11.2 Å². The van der Waals surface area contributed by atoms with E-state index in [2.05, 4.69) is 21.0 Å². The molecule has 0 saturated carbocycles. The van der Waals surface area contributed by atoms with Crippen LogP contribution in [0.15, 0.2) is 41.0 Å². The number of carbonyl (C=O) groups is 1. The molecule has 2 N–H and O–H groups in total. The van der Waals surface area contributed by atoms with E-state index in [1.807, 2.05) is 30.3 Å². The molecule has 1 atom stereocenters. The Morgan fingerprint density at radius 2 is 2.00 bits per heavy atom. The van der Waals surface area contributed by atoms with Crippen molar-refractivity contribution in [3.63, 3.8) is 0 Å². The van der Waals surface area contributed by atoms with Gasteiger partial charge < -0.3 is 5.73 Å². The fraction of sp³-hybridized carbons (Fsp3) is 0.231. The number of carbonyl (C=O) groups excluding carboxylic acids is 1. The fourth-order valence-electron chi connectivity index (χ4n) is 1.83. The van der Waals surface area contributed by atoms with Crippen LogP contribution >= 0.6 is 15.9 Å². The number of nitrogens with two attached hydrogens (primary N) is 1. The first-order chi connectivity index (χ1) is 8.44. The van der Waals surface area contributed by atoms with E-state index in [0.29, 0.717) is 10.2 Å². The molecule has 94 valence electrons. The Hall–Kier alpha value is -1.46. The summed E-state index contributed by atoms with van der Waals surface area (Å²) in [5.74, 6) is -0.166. The van der Waals surface area contributed by atoms with Crippen LogP contribution in [0, 0.1) is 0 Å². The van der Waals surface area contributed by atoms with Crippen molar-refractivity contribution in [3.05, 3.63) is 52.3 Å². The number of Topliss-reactive ketones (excluding diaryl/α,β-unsaturated/α-hetero) is 1. The van der Waals surface area contributed by atoms with E-state index in [1.165, 1.54) is 4.68 Å². The van der Waals surface area contributed by atoms with Crippen molar-refractivity contribution in [1.82, 2.24) is 9.78 Å². The van der Waals surface area contributed by atoms with Crippen LogP contribution in [-0.2, 0) is 12.6 Å². The summed E-state index contributed by atoms with van der Waals surface area (Å²) in [5, 5.41) is 4.04. The van der Waals surface area contributed by atoms with E-state index < -0.39 is 5.54 Å². The molecule has 1 aromatic carbocycles.